The number of amides is 1. The van der Waals surface area contributed by atoms with E-state index in [0.29, 0.717) is 22.3 Å². The molecule has 0 saturated carbocycles. The Morgan fingerprint density at radius 2 is 2.29 bits per heavy atom. The van der Waals surface area contributed by atoms with E-state index in [1.807, 2.05) is 0 Å². The lowest BCUT2D eigenvalue weighted by Gasteiger charge is -2.06. The fourth-order valence-electron chi connectivity index (χ4n) is 1.38. The number of benzene rings is 1. The van der Waals surface area contributed by atoms with Crippen molar-refractivity contribution < 1.29 is 9.32 Å². The van der Waals surface area contributed by atoms with E-state index in [9.17, 15) is 4.79 Å². The fraction of sp³-hybridized carbons (Fsp3) is 0.0909. The van der Waals surface area contributed by atoms with E-state index in [0.717, 1.165) is 0 Å². The van der Waals surface area contributed by atoms with Gasteiger partial charge in [0.05, 0.1) is 10.6 Å². The summed E-state index contributed by atoms with van der Waals surface area (Å²) in [6.45, 7) is 1.73. The minimum absolute atomic E-state index is 0.231. The zero-order valence-electron chi connectivity index (χ0n) is 9.03. The summed E-state index contributed by atoms with van der Waals surface area (Å²) in [6, 6.07) is 6.48. The molecular weight excluding hydrogens is 242 g/mol. The molecule has 0 spiro atoms. The largest absolute Gasteiger partial charge is 0.398 e. The highest BCUT2D eigenvalue weighted by Crippen LogP contribution is 2.23. The number of nitrogen functional groups attached to an aromatic ring is 1. The van der Waals surface area contributed by atoms with Gasteiger partial charge < -0.3 is 15.6 Å². The Hall–Kier alpha value is -2.01. The Morgan fingerprint density at radius 1 is 1.53 bits per heavy atom. The number of nitrogens with one attached hydrogen (secondary N) is 1. The van der Waals surface area contributed by atoms with Gasteiger partial charge in [-0.2, -0.15) is 0 Å². The third kappa shape index (κ3) is 2.39. The summed E-state index contributed by atoms with van der Waals surface area (Å²) < 4.78 is 4.83. The zero-order chi connectivity index (χ0) is 12.4. The predicted octanol–water partition coefficient (Wildman–Crippen LogP) is 2.47. The Labute approximate surface area is 103 Å². The first-order chi connectivity index (χ1) is 8.08. The lowest BCUT2D eigenvalue weighted by molar-refractivity contribution is 0.102. The normalized spacial score (nSPS) is 10.2. The van der Waals surface area contributed by atoms with Crippen molar-refractivity contribution in [3.05, 3.63) is 40.6 Å². The first-order valence-corrected chi connectivity index (χ1v) is 5.24. The Bertz CT molecular complexity index is 545. The number of aromatic nitrogens is 1. The van der Waals surface area contributed by atoms with E-state index >= 15 is 0 Å². The van der Waals surface area contributed by atoms with Gasteiger partial charge in [-0.3, -0.25) is 4.79 Å². The van der Waals surface area contributed by atoms with Crippen LogP contribution in [0.25, 0.3) is 0 Å². The Morgan fingerprint density at radius 3 is 2.88 bits per heavy atom. The fourth-order valence-corrected chi connectivity index (χ4v) is 1.65. The van der Waals surface area contributed by atoms with Crippen LogP contribution in [0.3, 0.4) is 0 Å². The van der Waals surface area contributed by atoms with E-state index in [4.69, 9.17) is 21.9 Å². The second-order valence-electron chi connectivity index (χ2n) is 3.48. The number of hydrogen-bond acceptors (Lipinski definition) is 4. The summed E-state index contributed by atoms with van der Waals surface area (Å²) >= 11 is 5.91. The third-order valence-corrected chi connectivity index (χ3v) is 2.46. The maximum Gasteiger partial charge on any atom is 0.260 e. The average Bonchev–Trinajstić information content (AvgIpc) is 2.63. The quantitative estimate of drug-likeness (QED) is 0.804. The van der Waals surface area contributed by atoms with E-state index in [1.165, 1.54) is 0 Å². The van der Waals surface area contributed by atoms with Gasteiger partial charge in [-0.25, -0.2) is 0 Å². The topological polar surface area (TPSA) is 81.2 Å². The van der Waals surface area contributed by atoms with Crippen molar-refractivity contribution in [3.63, 3.8) is 0 Å². The van der Waals surface area contributed by atoms with Crippen molar-refractivity contribution in [2.45, 2.75) is 6.92 Å². The molecule has 1 aromatic carbocycles. The molecule has 88 valence electrons. The zero-order valence-corrected chi connectivity index (χ0v) is 9.78. The molecule has 0 aliphatic carbocycles. The molecule has 1 amide bonds. The molecule has 6 heteroatoms. The summed E-state index contributed by atoms with van der Waals surface area (Å²) in [5.41, 5.74) is 6.24. The third-order valence-electron chi connectivity index (χ3n) is 2.14. The highest BCUT2D eigenvalue weighted by atomic mass is 35.5. The SMILES string of the molecule is Cc1cc(NC(=O)c2c(N)cccc2Cl)no1. The molecule has 0 radical (unpaired) electrons. The van der Waals surface area contributed by atoms with Crippen LogP contribution in [0.4, 0.5) is 11.5 Å². The molecule has 0 fully saturated rings. The molecule has 17 heavy (non-hydrogen) atoms. The standard InChI is InChI=1S/C11H10ClN3O2/c1-6-5-9(15-17-6)14-11(16)10-7(12)3-2-4-8(10)13/h2-5H,13H2,1H3,(H,14,15,16). The van der Waals surface area contributed by atoms with Gasteiger partial charge in [0.25, 0.3) is 5.91 Å². The van der Waals surface area contributed by atoms with Crippen LogP contribution in [0.2, 0.25) is 5.02 Å². The van der Waals surface area contributed by atoms with Gasteiger partial charge in [0.2, 0.25) is 0 Å². The number of halogens is 1. The molecule has 0 aliphatic heterocycles. The summed E-state index contributed by atoms with van der Waals surface area (Å²) in [4.78, 5) is 11.9. The van der Waals surface area contributed by atoms with Gasteiger partial charge in [-0.1, -0.05) is 22.8 Å². The van der Waals surface area contributed by atoms with Crippen LogP contribution in [-0.4, -0.2) is 11.1 Å². The van der Waals surface area contributed by atoms with Crippen molar-refractivity contribution in [2.24, 2.45) is 0 Å². The molecule has 3 N–H and O–H groups in total. The molecule has 0 aliphatic rings. The predicted molar refractivity (Wildman–Crippen MR) is 65.1 cm³/mol. The van der Waals surface area contributed by atoms with E-state index in [1.54, 1.807) is 31.2 Å². The van der Waals surface area contributed by atoms with E-state index in [-0.39, 0.29) is 5.56 Å². The summed E-state index contributed by atoms with van der Waals surface area (Å²) in [6.07, 6.45) is 0. The van der Waals surface area contributed by atoms with Crippen LogP contribution < -0.4 is 11.1 Å². The molecule has 0 saturated heterocycles. The average molecular weight is 252 g/mol. The van der Waals surface area contributed by atoms with Crippen LogP contribution in [0, 0.1) is 6.92 Å². The smallest absolute Gasteiger partial charge is 0.260 e. The summed E-state index contributed by atoms with van der Waals surface area (Å²) in [7, 11) is 0. The van der Waals surface area contributed by atoms with Crippen LogP contribution in [0.5, 0.6) is 0 Å². The lowest BCUT2D eigenvalue weighted by atomic mass is 10.1. The second kappa shape index (κ2) is 4.47. The van der Waals surface area contributed by atoms with Gasteiger partial charge in [-0.05, 0) is 19.1 Å². The van der Waals surface area contributed by atoms with Crippen molar-refractivity contribution in [2.75, 3.05) is 11.1 Å². The van der Waals surface area contributed by atoms with Crippen LogP contribution in [-0.2, 0) is 0 Å². The highest BCUT2D eigenvalue weighted by Gasteiger charge is 2.15. The molecule has 0 atom stereocenters. The van der Waals surface area contributed by atoms with Gasteiger partial charge in [-0.15, -0.1) is 0 Å². The number of anilines is 2. The van der Waals surface area contributed by atoms with E-state index < -0.39 is 5.91 Å². The van der Waals surface area contributed by atoms with E-state index in [2.05, 4.69) is 10.5 Å². The molecule has 0 bridgehead atoms. The number of nitrogens with two attached hydrogens (primary N) is 1. The maximum absolute atomic E-state index is 11.9. The molecule has 1 heterocycles. The Kier molecular flexibility index (Phi) is 3.01. The number of aryl methyl sites for hydroxylation is 1. The van der Waals surface area contributed by atoms with Crippen molar-refractivity contribution >= 4 is 29.0 Å². The molecule has 2 rings (SSSR count). The first-order valence-electron chi connectivity index (χ1n) is 4.86. The van der Waals surface area contributed by atoms with Crippen LogP contribution in [0.15, 0.2) is 28.8 Å². The van der Waals surface area contributed by atoms with Crippen molar-refractivity contribution in [1.82, 2.24) is 5.16 Å². The number of nitrogens with zero attached hydrogens (tertiary/aromatic N) is 1. The lowest BCUT2D eigenvalue weighted by Crippen LogP contribution is -2.14. The molecule has 1 aromatic heterocycles. The number of carbonyl (C=O) groups is 1. The number of hydrogen-bond donors (Lipinski definition) is 2. The maximum atomic E-state index is 11.9. The number of rotatable bonds is 2. The minimum Gasteiger partial charge on any atom is -0.398 e. The van der Waals surface area contributed by atoms with Crippen molar-refractivity contribution in [1.29, 1.82) is 0 Å². The van der Waals surface area contributed by atoms with Crippen LogP contribution >= 0.6 is 11.6 Å². The van der Waals surface area contributed by atoms with Gasteiger partial charge in [0.1, 0.15) is 5.76 Å². The van der Waals surface area contributed by atoms with Crippen LogP contribution in [0.1, 0.15) is 16.1 Å². The minimum atomic E-state index is -0.415. The van der Waals surface area contributed by atoms with Gasteiger partial charge >= 0.3 is 0 Å². The summed E-state index contributed by atoms with van der Waals surface area (Å²) in [5, 5.41) is 6.50. The second-order valence-corrected chi connectivity index (χ2v) is 3.89. The molecule has 0 unspecified atom stereocenters. The Balaban J connectivity index is 2.26. The number of carbonyl (C=O) groups excluding carboxylic acids is 1. The van der Waals surface area contributed by atoms with Gasteiger partial charge in [0, 0.05) is 11.8 Å². The first kappa shape index (κ1) is 11.5. The molecule has 5 nitrogen and oxygen atoms in total. The van der Waals surface area contributed by atoms with Gasteiger partial charge in [0.15, 0.2) is 5.82 Å². The van der Waals surface area contributed by atoms with Crippen molar-refractivity contribution in [3.8, 4) is 0 Å². The molecule has 2 aromatic rings. The molecular formula is C11H10ClN3O2. The highest BCUT2D eigenvalue weighted by molar-refractivity contribution is 6.35. The monoisotopic (exact) mass is 251 g/mol. The summed E-state index contributed by atoms with van der Waals surface area (Å²) in [5.74, 6) is 0.514.